The van der Waals surface area contributed by atoms with Gasteiger partial charge in [0.2, 0.25) is 15.8 Å². The molecule has 0 spiro atoms. The number of rotatable bonds is 6. The summed E-state index contributed by atoms with van der Waals surface area (Å²) in [4.78, 5) is 24.3. The molecule has 0 bridgehead atoms. The molecule has 2 aromatic rings. The summed E-state index contributed by atoms with van der Waals surface area (Å²) in [7, 11) is -0.534. The number of hydrogen-bond acceptors (Lipinski definition) is 5. The molecular formula is C17H20N2O5S. The van der Waals surface area contributed by atoms with Crippen LogP contribution in [-0.2, 0) is 21.8 Å². The van der Waals surface area contributed by atoms with E-state index in [1.165, 1.54) is 31.3 Å². The highest BCUT2D eigenvalue weighted by atomic mass is 32.2. The van der Waals surface area contributed by atoms with Gasteiger partial charge >= 0.3 is 5.97 Å². The van der Waals surface area contributed by atoms with E-state index in [9.17, 15) is 18.0 Å². The largest absolute Gasteiger partial charge is 0.454 e. The Morgan fingerprint density at radius 3 is 2.44 bits per heavy atom. The SMILES string of the molecule is CNS(=O)(=O)c1cccc(C(=O)OCC(=O)c2cc(C)n(C)c2C)c1. The second kappa shape index (κ2) is 7.20. The Morgan fingerprint density at radius 1 is 1.20 bits per heavy atom. The lowest BCUT2D eigenvalue weighted by molar-refractivity contribution is 0.0474. The smallest absolute Gasteiger partial charge is 0.338 e. The van der Waals surface area contributed by atoms with Crippen molar-refractivity contribution in [2.45, 2.75) is 18.7 Å². The van der Waals surface area contributed by atoms with E-state index in [4.69, 9.17) is 4.74 Å². The van der Waals surface area contributed by atoms with Crippen molar-refractivity contribution in [2.24, 2.45) is 7.05 Å². The van der Waals surface area contributed by atoms with E-state index in [1.807, 2.05) is 25.5 Å². The van der Waals surface area contributed by atoms with E-state index in [-0.39, 0.29) is 16.2 Å². The second-order valence-corrected chi connectivity index (χ2v) is 7.47. The monoisotopic (exact) mass is 364 g/mol. The predicted molar refractivity (Wildman–Crippen MR) is 92.2 cm³/mol. The van der Waals surface area contributed by atoms with Gasteiger partial charge in [-0.05, 0) is 45.2 Å². The number of aromatic nitrogens is 1. The Hall–Kier alpha value is -2.45. The molecule has 0 saturated heterocycles. The Balaban J connectivity index is 2.11. The standard InChI is InChI=1S/C17H20N2O5S/c1-11-8-15(12(2)19(11)4)16(20)10-24-17(21)13-6-5-7-14(9-13)25(22,23)18-3/h5-9,18H,10H2,1-4H3. The van der Waals surface area contributed by atoms with Crippen molar-refractivity contribution in [3.63, 3.8) is 0 Å². The lowest BCUT2D eigenvalue weighted by Gasteiger charge is -2.07. The van der Waals surface area contributed by atoms with Crippen LogP contribution in [0.2, 0.25) is 0 Å². The molecule has 134 valence electrons. The van der Waals surface area contributed by atoms with E-state index in [2.05, 4.69) is 4.72 Å². The van der Waals surface area contributed by atoms with Gasteiger partial charge in [-0.25, -0.2) is 17.9 Å². The van der Waals surface area contributed by atoms with Gasteiger partial charge < -0.3 is 9.30 Å². The molecule has 0 aliphatic rings. The number of benzene rings is 1. The average Bonchev–Trinajstić information content (AvgIpc) is 2.87. The molecule has 7 nitrogen and oxygen atoms in total. The highest BCUT2D eigenvalue weighted by Gasteiger charge is 2.18. The molecule has 0 saturated carbocycles. The molecule has 0 aliphatic carbocycles. The molecule has 0 radical (unpaired) electrons. The van der Waals surface area contributed by atoms with Crippen molar-refractivity contribution in [1.82, 2.24) is 9.29 Å². The molecule has 0 fully saturated rings. The first-order valence-corrected chi connectivity index (χ1v) is 9.02. The topological polar surface area (TPSA) is 94.5 Å². The molecule has 1 heterocycles. The summed E-state index contributed by atoms with van der Waals surface area (Å²) in [5.74, 6) is -1.07. The first kappa shape index (κ1) is 18.9. The Labute approximate surface area is 146 Å². The van der Waals surface area contributed by atoms with Crippen LogP contribution in [0.25, 0.3) is 0 Å². The number of nitrogens with one attached hydrogen (secondary N) is 1. The lowest BCUT2D eigenvalue weighted by atomic mass is 10.1. The Morgan fingerprint density at radius 2 is 1.88 bits per heavy atom. The summed E-state index contributed by atoms with van der Waals surface area (Å²) >= 11 is 0. The highest BCUT2D eigenvalue weighted by Crippen LogP contribution is 2.15. The van der Waals surface area contributed by atoms with Crippen molar-refractivity contribution in [3.05, 3.63) is 52.8 Å². The quantitative estimate of drug-likeness (QED) is 0.620. The van der Waals surface area contributed by atoms with Gasteiger partial charge in [0.05, 0.1) is 10.5 Å². The second-order valence-electron chi connectivity index (χ2n) is 5.58. The molecule has 0 unspecified atom stereocenters. The van der Waals surface area contributed by atoms with Crippen LogP contribution >= 0.6 is 0 Å². The molecule has 0 aliphatic heterocycles. The average molecular weight is 364 g/mol. The van der Waals surface area contributed by atoms with E-state index in [0.717, 1.165) is 11.4 Å². The molecule has 0 amide bonds. The zero-order valence-electron chi connectivity index (χ0n) is 14.5. The number of ether oxygens (including phenoxy) is 1. The number of esters is 1. The fourth-order valence-corrected chi connectivity index (χ4v) is 3.11. The maximum absolute atomic E-state index is 12.2. The minimum absolute atomic E-state index is 0.0506. The van der Waals surface area contributed by atoms with E-state index in [0.29, 0.717) is 5.56 Å². The zero-order valence-corrected chi connectivity index (χ0v) is 15.3. The van der Waals surface area contributed by atoms with Gasteiger partial charge in [-0.2, -0.15) is 0 Å². The summed E-state index contributed by atoms with van der Waals surface area (Å²) in [5, 5.41) is 0. The predicted octanol–water partition coefficient (Wildman–Crippen LogP) is 1.59. The molecule has 25 heavy (non-hydrogen) atoms. The highest BCUT2D eigenvalue weighted by molar-refractivity contribution is 7.89. The van der Waals surface area contributed by atoms with Crippen LogP contribution in [0.5, 0.6) is 0 Å². The maximum Gasteiger partial charge on any atom is 0.338 e. The van der Waals surface area contributed by atoms with Crippen LogP contribution in [-0.4, -0.2) is 38.4 Å². The summed E-state index contributed by atoms with van der Waals surface area (Å²) in [6, 6.07) is 7.18. The van der Waals surface area contributed by atoms with Crippen molar-refractivity contribution in [2.75, 3.05) is 13.7 Å². The van der Waals surface area contributed by atoms with Gasteiger partial charge in [0.25, 0.3) is 0 Å². The fraction of sp³-hybridized carbons (Fsp3) is 0.294. The number of carbonyl (C=O) groups is 2. The van der Waals surface area contributed by atoms with E-state index in [1.54, 1.807) is 6.07 Å². The number of nitrogens with zero attached hydrogens (tertiary/aromatic N) is 1. The molecule has 8 heteroatoms. The number of hydrogen-bond donors (Lipinski definition) is 1. The molecule has 1 N–H and O–H groups in total. The minimum Gasteiger partial charge on any atom is -0.454 e. The third kappa shape index (κ3) is 3.97. The number of carbonyl (C=O) groups excluding carboxylic acids is 2. The van der Waals surface area contributed by atoms with Crippen molar-refractivity contribution in [3.8, 4) is 0 Å². The fourth-order valence-electron chi connectivity index (χ4n) is 2.34. The van der Waals surface area contributed by atoms with Crippen LogP contribution in [0, 0.1) is 13.8 Å². The molecular weight excluding hydrogens is 344 g/mol. The van der Waals surface area contributed by atoms with Crippen LogP contribution in [0.3, 0.4) is 0 Å². The van der Waals surface area contributed by atoms with E-state index >= 15 is 0 Å². The summed E-state index contributed by atoms with van der Waals surface area (Å²) in [6.07, 6.45) is 0. The van der Waals surface area contributed by atoms with Gasteiger partial charge in [-0.3, -0.25) is 4.79 Å². The zero-order chi connectivity index (χ0) is 18.8. The Bertz CT molecular complexity index is 929. The summed E-state index contributed by atoms with van der Waals surface area (Å²) in [6.45, 7) is 3.28. The Kier molecular flexibility index (Phi) is 5.44. The van der Waals surface area contributed by atoms with E-state index < -0.39 is 22.6 Å². The minimum atomic E-state index is -3.66. The summed E-state index contributed by atoms with van der Waals surface area (Å²) in [5.41, 5.74) is 2.28. The van der Waals surface area contributed by atoms with Crippen LogP contribution in [0.15, 0.2) is 35.2 Å². The van der Waals surface area contributed by atoms with Gasteiger partial charge in [-0.15, -0.1) is 0 Å². The molecule has 2 rings (SSSR count). The van der Waals surface area contributed by atoms with Gasteiger partial charge in [0.15, 0.2) is 6.61 Å². The third-order valence-electron chi connectivity index (χ3n) is 4.06. The number of ketones is 1. The summed E-state index contributed by atoms with van der Waals surface area (Å²) < 4.78 is 32.6. The van der Waals surface area contributed by atoms with Crippen molar-refractivity contribution in [1.29, 1.82) is 0 Å². The number of Topliss-reactive ketones (excluding diaryl/α,β-unsaturated/α-hetero) is 1. The normalized spacial score (nSPS) is 11.4. The molecule has 1 aromatic heterocycles. The first-order valence-electron chi connectivity index (χ1n) is 7.54. The molecule has 1 aromatic carbocycles. The number of aryl methyl sites for hydroxylation is 1. The van der Waals surface area contributed by atoms with Crippen molar-refractivity contribution >= 4 is 21.8 Å². The van der Waals surface area contributed by atoms with Gasteiger partial charge in [0, 0.05) is 24.0 Å². The maximum atomic E-state index is 12.2. The van der Waals surface area contributed by atoms with Gasteiger partial charge in [0.1, 0.15) is 0 Å². The van der Waals surface area contributed by atoms with Crippen LogP contribution < -0.4 is 4.72 Å². The van der Waals surface area contributed by atoms with Gasteiger partial charge in [-0.1, -0.05) is 6.07 Å². The first-order chi connectivity index (χ1) is 11.7. The van der Waals surface area contributed by atoms with Crippen LogP contribution in [0.4, 0.5) is 0 Å². The van der Waals surface area contributed by atoms with Crippen LogP contribution in [0.1, 0.15) is 32.1 Å². The lowest BCUT2D eigenvalue weighted by Crippen LogP contribution is -2.19. The third-order valence-corrected chi connectivity index (χ3v) is 5.47. The molecule has 0 atom stereocenters. The van der Waals surface area contributed by atoms with Crippen molar-refractivity contribution < 1.29 is 22.7 Å². The number of sulfonamides is 1.